The molecule has 2 N–H and O–H groups in total. The second kappa shape index (κ2) is 7.09. The lowest BCUT2D eigenvalue weighted by molar-refractivity contribution is -0.142. The average Bonchev–Trinajstić information content (AvgIpc) is 2.35. The highest BCUT2D eigenvalue weighted by Gasteiger charge is 2.19. The highest BCUT2D eigenvalue weighted by molar-refractivity contribution is 9.10. The molecule has 0 fully saturated rings. The molecule has 0 saturated carbocycles. The van der Waals surface area contributed by atoms with Gasteiger partial charge in [-0.25, -0.2) is 0 Å². The van der Waals surface area contributed by atoms with E-state index in [4.69, 9.17) is 5.11 Å². The van der Waals surface area contributed by atoms with E-state index in [1.807, 2.05) is 24.3 Å². The summed E-state index contributed by atoms with van der Waals surface area (Å²) in [5.41, 5.74) is 0.892. The fraction of sp³-hybridized carbons (Fsp3) is 0.286. The number of amides is 1. The summed E-state index contributed by atoms with van der Waals surface area (Å²) in [6.45, 7) is 3.23. The third-order valence-corrected chi connectivity index (χ3v) is 3.28. The molecule has 19 heavy (non-hydrogen) atoms. The molecule has 2 atom stereocenters. The lowest BCUT2D eigenvalue weighted by Crippen LogP contribution is -2.39. The molecule has 2 unspecified atom stereocenters. The van der Waals surface area contributed by atoms with Crippen molar-refractivity contribution < 1.29 is 14.7 Å². The lowest BCUT2D eigenvalue weighted by Gasteiger charge is -2.16. The monoisotopic (exact) mass is 325 g/mol. The number of carbonyl (C=O) groups is 2. The predicted octanol–water partition coefficient (Wildman–Crippen LogP) is 2.69. The molecule has 0 radical (unpaired) electrons. The van der Waals surface area contributed by atoms with E-state index in [1.54, 1.807) is 19.9 Å². The molecular weight excluding hydrogens is 310 g/mol. The molecule has 0 saturated heterocycles. The molecule has 1 rings (SSSR count). The van der Waals surface area contributed by atoms with E-state index < -0.39 is 17.9 Å². The van der Waals surface area contributed by atoms with Crippen molar-refractivity contribution in [3.8, 4) is 0 Å². The summed E-state index contributed by atoms with van der Waals surface area (Å²) in [7, 11) is 0. The van der Waals surface area contributed by atoms with Gasteiger partial charge >= 0.3 is 5.97 Å². The summed E-state index contributed by atoms with van der Waals surface area (Å²) < 4.78 is 0.933. The maximum atomic E-state index is 11.6. The van der Waals surface area contributed by atoms with Gasteiger partial charge in [-0.1, -0.05) is 28.1 Å². The molecule has 0 aliphatic rings. The molecule has 0 heterocycles. The van der Waals surface area contributed by atoms with Crippen LogP contribution in [-0.2, 0) is 9.59 Å². The summed E-state index contributed by atoms with van der Waals surface area (Å²) in [5.74, 6) is -1.85. The molecule has 1 aromatic carbocycles. The summed E-state index contributed by atoms with van der Waals surface area (Å²) in [5, 5.41) is 11.5. The van der Waals surface area contributed by atoms with Crippen molar-refractivity contribution in [1.82, 2.24) is 5.32 Å². The Labute approximate surface area is 120 Å². The molecular formula is C14H16BrNO3. The highest BCUT2D eigenvalue weighted by Crippen LogP contribution is 2.12. The largest absolute Gasteiger partial charge is 0.481 e. The summed E-state index contributed by atoms with van der Waals surface area (Å²) >= 11 is 3.34. The third kappa shape index (κ3) is 5.26. The summed E-state index contributed by atoms with van der Waals surface area (Å²) in [6.07, 6.45) is 3.07. The van der Waals surface area contributed by atoms with E-state index in [-0.39, 0.29) is 5.91 Å². The molecule has 1 aromatic rings. The molecule has 0 aromatic heterocycles. The molecule has 0 spiro atoms. The third-order valence-electron chi connectivity index (χ3n) is 2.79. The Balaban J connectivity index is 2.58. The number of carboxylic acids is 1. The number of hydrogen-bond acceptors (Lipinski definition) is 2. The second-order valence-electron chi connectivity index (χ2n) is 4.31. The Morgan fingerprint density at radius 3 is 2.63 bits per heavy atom. The molecule has 1 amide bonds. The minimum absolute atomic E-state index is 0.305. The smallest absolute Gasteiger partial charge is 0.308 e. The van der Waals surface area contributed by atoms with E-state index in [0.717, 1.165) is 10.0 Å². The first-order chi connectivity index (χ1) is 8.90. The Kier molecular flexibility index (Phi) is 5.76. The first-order valence-electron chi connectivity index (χ1n) is 5.87. The van der Waals surface area contributed by atoms with Crippen molar-refractivity contribution in [2.75, 3.05) is 0 Å². The first kappa shape index (κ1) is 15.4. The van der Waals surface area contributed by atoms with Crippen LogP contribution in [0.15, 0.2) is 34.8 Å². The van der Waals surface area contributed by atoms with Crippen molar-refractivity contribution >= 4 is 33.9 Å². The van der Waals surface area contributed by atoms with Crippen LogP contribution in [0.25, 0.3) is 6.08 Å². The maximum absolute atomic E-state index is 11.6. The molecule has 0 aliphatic carbocycles. The highest BCUT2D eigenvalue weighted by atomic mass is 79.9. The normalized spacial score (nSPS) is 14.1. The van der Waals surface area contributed by atoms with Gasteiger partial charge in [0.15, 0.2) is 0 Å². The van der Waals surface area contributed by atoms with Gasteiger partial charge in [-0.05, 0) is 37.6 Å². The van der Waals surface area contributed by atoms with Crippen LogP contribution < -0.4 is 5.32 Å². The van der Waals surface area contributed by atoms with Crippen LogP contribution in [0.2, 0.25) is 0 Å². The van der Waals surface area contributed by atoms with Gasteiger partial charge in [0.1, 0.15) is 0 Å². The molecule has 4 nitrogen and oxygen atoms in total. The van der Waals surface area contributed by atoms with Crippen molar-refractivity contribution in [3.05, 3.63) is 40.4 Å². The van der Waals surface area contributed by atoms with Gasteiger partial charge in [-0.3, -0.25) is 9.59 Å². The Bertz CT molecular complexity index is 499. The lowest BCUT2D eigenvalue weighted by atomic mass is 10.0. The van der Waals surface area contributed by atoms with Crippen molar-refractivity contribution in [2.24, 2.45) is 5.92 Å². The van der Waals surface area contributed by atoms with Gasteiger partial charge in [0.25, 0.3) is 0 Å². The van der Waals surface area contributed by atoms with E-state index in [1.165, 1.54) is 6.08 Å². The number of halogens is 1. The fourth-order valence-corrected chi connectivity index (χ4v) is 1.81. The van der Waals surface area contributed by atoms with Crippen molar-refractivity contribution in [2.45, 2.75) is 19.9 Å². The van der Waals surface area contributed by atoms with E-state index in [9.17, 15) is 9.59 Å². The van der Waals surface area contributed by atoms with Crippen molar-refractivity contribution in [3.63, 3.8) is 0 Å². The molecule has 102 valence electrons. The van der Waals surface area contributed by atoms with Crippen LogP contribution in [0.5, 0.6) is 0 Å². The molecule has 0 aliphatic heterocycles. The predicted molar refractivity (Wildman–Crippen MR) is 77.6 cm³/mol. The average molecular weight is 326 g/mol. The second-order valence-corrected chi connectivity index (χ2v) is 5.23. The Hall–Kier alpha value is -1.62. The quantitative estimate of drug-likeness (QED) is 0.818. The van der Waals surface area contributed by atoms with E-state index >= 15 is 0 Å². The number of aliphatic carboxylic acids is 1. The SMILES string of the molecule is CC(NC(=O)/C=C/c1cccc(Br)c1)C(C)C(=O)O. The zero-order chi connectivity index (χ0) is 14.4. The number of carbonyl (C=O) groups excluding carboxylic acids is 1. The van der Waals surface area contributed by atoms with Gasteiger partial charge in [0, 0.05) is 16.6 Å². The first-order valence-corrected chi connectivity index (χ1v) is 6.66. The Morgan fingerprint density at radius 1 is 1.37 bits per heavy atom. The van der Waals surface area contributed by atoms with Crippen LogP contribution in [0.1, 0.15) is 19.4 Å². The van der Waals surface area contributed by atoms with E-state index in [0.29, 0.717) is 0 Å². The zero-order valence-electron chi connectivity index (χ0n) is 10.8. The van der Waals surface area contributed by atoms with Crippen LogP contribution in [-0.4, -0.2) is 23.0 Å². The summed E-state index contributed by atoms with van der Waals surface area (Å²) in [4.78, 5) is 22.4. The van der Waals surface area contributed by atoms with Crippen LogP contribution >= 0.6 is 15.9 Å². The molecule has 5 heteroatoms. The minimum atomic E-state index is -0.927. The number of rotatable bonds is 5. The van der Waals surface area contributed by atoms with Crippen LogP contribution in [0.3, 0.4) is 0 Å². The standard InChI is InChI=1S/C14H16BrNO3/c1-9(14(18)19)10(2)16-13(17)7-6-11-4-3-5-12(15)8-11/h3-10H,1-2H3,(H,16,17)(H,18,19)/b7-6+. The minimum Gasteiger partial charge on any atom is -0.481 e. The van der Waals surface area contributed by atoms with Crippen LogP contribution in [0.4, 0.5) is 0 Å². The van der Waals surface area contributed by atoms with Crippen LogP contribution in [0, 0.1) is 5.92 Å². The van der Waals surface area contributed by atoms with E-state index in [2.05, 4.69) is 21.2 Å². The van der Waals surface area contributed by atoms with Gasteiger partial charge < -0.3 is 10.4 Å². The zero-order valence-corrected chi connectivity index (χ0v) is 12.3. The van der Waals surface area contributed by atoms with Gasteiger partial charge in [-0.2, -0.15) is 0 Å². The fourth-order valence-electron chi connectivity index (χ4n) is 1.39. The summed E-state index contributed by atoms with van der Waals surface area (Å²) in [6, 6.07) is 7.10. The number of carboxylic acid groups (broad SMARTS) is 1. The molecule has 0 bridgehead atoms. The number of hydrogen-bond donors (Lipinski definition) is 2. The van der Waals surface area contributed by atoms with Gasteiger partial charge in [0.2, 0.25) is 5.91 Å². The maximum Gasteiger partial charge on any atom is 0.308 e. The van der Waals surface area contributed by atoms with Gasteiger partial charge in [0.05, 0.1) is 5.92 Å². The topological polar surface area (TPSA) is 66.4 Å². The number of benzene rings is 1. The van der Waals surface area contributed by atoms with Crippen molar-refractivity contribution in [1.29, 1.82) is 0 Å². The number of nitrogens with one attached hydrogen (secondary N) is 1. The Morgan fingerprint density at radius 2 is 2.05 bits per heavy atom. The van der Waals surface area contributed by atoms with Gasteiger partial charge in [-0.15, -0.1) is 0 Å².